The number of fused-ring (bicyclic) bond motifs is 3. The van der Waals surface area contributed by atoms with Crippen LogP contribution in [0, 0.1) is 0 Å². The maximum absolute atomic E-state index is 12.8. The number of ether oxygens (including phenoxy) is 3. The molecule has 6 aliphatic rings. The Labute approximate surface area is 180 Å². The van der Waals surface area contributed by atoms with Crippen molar-refractivity contribution in [2.45, 2.75) is 59.5 Å². The van der Waals surface area contributed by atoms with Gasteiger partial charge in [-0.05, 0) is 0 Å². The number of hydrogen-bond donors (Lipinski definition) is 8. The standard InChI is InChI=1S/C12H16O19P2/c13-1-3-4(15)5(16)7(2-14,23-3)25-12-11(20)10(19,29-33(22,30-11)31-12)9(18)8(26-12)6(17)24-32(21,27-8)28-9/h3-6,13-20H,1-2H2/t3-,4-,5+,6?,7?,8+,9+,10-,11+,12+,32?,33?/m1/s1. The van der Waals surface area contributed by atoms with Gasteiger partial charge < -0.3 is 45.6 Å². The number of aliphatic hydroxyl groups is 8. The van der Waals surface area contributed by atoms with Gasteiger partial charge in [0.05, 0.1) is 6.61 Å². The summed E-state index contributed by atoms with van der Waals surface area (Å²) in [6.07, 6.45) is -8.30. The number of phosphoric acid groups is 2. The zero-order valence-corrected chi connectivity index (χ0v) is 17.5. The lowest BCUT2D eigenvalue weighted by Crippen LogP contribution is -2.89. The van der Waals surface area contributed by atoms with Gasteiger partial charge in [-0.2, -0.15) is 0 Å². The molecule has 188 valence electrons. The van der Waals surface area contributed by atoms with E-state index in [1.807, 2.05) is 0 Å². The van der Waals surface area contributed by atoms with Crippen LogP contribution in [0.4, 0.5) is 0 Å². The molecule has 6 heterocycles. The fourth-order valence-corrected chi connectivity index (χ4v) is 7.90. The zero-order valence-electron chi connectivity index (χ0n) is 15.7. The molecule has 6 saturated heterocycles. The molecule has 0 aromatic heterocycles. The van der Waals surface area contributed by atoms with Crippen LogP contribution in [-0.4, -0.2) is 114 Å². The summed E-state index contributed by atoms with van der Waals surface area (Å²) in [5, 5.41) is 83.3. The summed E-state index contributed by atoms with van der Waals surface area (Å²) in [6.45, 7) is -2.29. The van der Waals surface area contributed by atoms with Crippen LogP contribution in [-0.2, 0) is 50.5 Å². The van der Waals surface area contributed by atoms with E-state index in [2.05, 4.69) is 13.6 Å². The van der Waals surface area contributed by atoms with Crippen LogP contribution in [0.5, 0.6) is 0 Å². The average molecular weight is 526 g/mol. The molecule has 0 saturated carbocycles. The summed E-state index contributed by atoms with van der Waals surface area (Å²) in [4.78, 5) is 0. The smallest absolute Gasteiger partial charge is 0.394 e. The Kier molecular flexibility index (Phi) is 4.22. The predicted molar refractivity (Wildman–Crippen MR) is 84.0 cm³/mol. The first-order valence-electron chi connectivity index (χ1n) is 9.06. The van der Waals surface area contributed by atoms with Gasteiger partial charge in [0.25, 0.3) is 11.6 Å². The van der Waals surface area contributed by atoms with Crippen LogP contribution >= 0.6 is 15.6 Å². The second kappa shape index (κ2) is 6.01. The van der Waals surface area contributed by atoms with Crippen molar-refractivity contribution in [3.8, 4) is 0 Å². The Morgan fingerprint density at radius 1 is 0.848 bits per heavy atom. The molecule has 0 amide bonds. The van der Waals surface area contributed by atoms with Crippen molar-refractivity contribution in [1.82, 2.24) is 0 Å². The quantitative estimate of drug-likeness (QED) is 0.159. The van der Waals surface area contributed by atoms with E-state index >= 15 is 0 Å². The first-order chi connectivity index (χ1) is 15.1. The molecular formula is C12H16O19P2. The predicted octanol–water partition coefficient (Wildman–Crippen LogP) is -5.06. The van der Waals surface area contributed by atoms with E-state index in [1.54, 1.807) is 0 Å². The van der Waals surface area contributed by atoms with Crippen molar-refractivity contribution in [3.05, 3.63) is 0 Å². The summed E-state index contributed by atoms with van der Waals surface area (Å²) in [6, 6.07) is 0. The van der Waals surface area contributed by atoms with Crippen molar-refractivity contribution < 1.29 is 91.3 Å². The molecule has 0 radical (unpaired) electrons. The second-order valence-electron chi connectivity index (χ2n) is 7.91. The normalized spacial score (nSPS) is 67.4. The Hall–Kier alpha value is -0.220. The lowest BCUT2D eigenvalue weighted by atomic mass is 9.84. The summed E-state index contributed by atoms with van der Waals surface area (Å²) in [5.41, 5.74) is 0. The van der Waals surface area contributed by atoms with Gasteiger partial charge in [-0.3, -0.25) is 14.0 Å². The van der Waals surface area contributed by atoms with Gasteiger partial charge >= 0.3 is 33.2 Å². The van der Waals surface area contributed by atoms with Crippen LogP contribution < -0.4 is 0 Å². The van der Waals surface area contributed by atoms with Gasteiger partial charge in [-0.15, -0.1) is 0 Å². The third kappa shape index (κ3) is 2.22. The number of hydrogen-bond acceptors (Lipinski definition) is 19. The Morgan fingerprint density at radius 2 is 1.48 bits per heavy atom. The van der Waals surface area contributed by atoms with Gasteiger partial charge in [0.1, 0.15) is 24.9 Å². The largest absolute Gasteiger partial charge is 0.485 e. The van der Waals surface area contributed by atoms with E-state index < -0.39 is 88.4 Å². The van der Waals surface area contributed by atoms with Crippen molar-refractivity contribution in [1.29, 1.82) is 0 Å². The van der Waals surface area contributed by atoms with Gasteiger partial charge in [-0.1, -0.05) is 0 Å². The van der Waals surface area contributed by atoms with Gasteiger partial charge in [0.2, 0.25) is 12.1 Å². The lowest BCUT2D eigenvalue weighted by molar-refractivity contribution is -0.627. The van der Waals surface area contributed by atoms with Crippen molar-refractivity contribution >= 4 is 15.6 Å². The first-order valence-corrected chi connectivity index (χ1v) is 12.0. The minimum absolute atomic E-state index is 0.916. The third-order valence-corrected chi connectivity index (χ3v) is 8.95. The molecule has 21 heteroatoms. The Balaban J connectivity index is 1.53. The summed E-state index contributed by atoms with van der Waals surface area (Å²) < 4.78 is 69.3. The highest BCUT2D eigenvalue weighted by Gasteiger charge is 3.03. The maximum Gasteiger partial charge on any atom is 0.485 e. The molecule has 0 aromatic rings. The molecule has 12 atom stereocenters. The van der Waals surface area contributed by atoms with Crippen molar-refractivity contribution in [2.75, 3.05) is 13.2 Å². The zero-order chi connectivity index (χ0) is 24.1. The minimum atomic E-state index is -5.15. The van der Waals surface area contributed by atoms with E-state index in [0.717, 1.165) is 0 Å². The molecule has 6 rings (SSSR count). The lowest BCUT2D eigenvalue weighted by Gasteiger charge is -2.59. The molecule has 4 unspecified atom stereocenters. The van der Waals surface area contributed by atoms with Gasteiger partial charge in [-0.25, -0.2) is 31.7 Å². The third-order valence-electron chi connectivity index (χ3n) is 6.07. The highest BCUT2D eigenvalue weighted by Crippen LogP contribution is 2.86. The van der Waals surface area contributed by atoms with E-state index in [-0.39, 0.29) is 0 Å². The first kappa shape index (κ1) is 23.2. The average Bonchev–Trinajstić information content (AvgIpc) is 3.34. The van der Waals surface area contributed by atoms with E-state index in [4.69, 9.17) is 27.8 Å². The Bertz CT molecular complexity index is 1020. The highest BCUT2D eigenvalue weighted by molar-refractivity contribution is 7.49. The molecule has 0 aromatic carbocycles. The fourth-order valence-electron chi connectivity index (χ4n) is 4.50. The van der Waals surface area contributed by atoms with Crippen LogP contribution in [0.15, 0.2) is 0 Å². The summed E-state index contributed by atoms with van der Waals surface area (Å²) in [5.74, 6) is -21.0. The van der Waals surface area contributed by atoms with Crippen LogP contribution in [0.1, 0.15) is 0 Å². The van der Waals surface area contributed by atoms with Gasteiger partial charge in [0.15, 0.2) is 0 Å². The molecule has 33 heavy (non-hydrogen) atoms. The molecule has 6 aliphatic heterocycles. The molecule has 19 nitrogen and oxygen atoms in total. The van der Waals surface area contributed by atoms with Crippen LogP contribution in [0.2, 0.25) is 0 Å². The summed E-state index contributed by atoms with van der Waals surface area (Å²) in [7, 11) is -10.1. The van der Waals surface area contributed by atoms with Crippen LogP contribution in [0.25, 0.3) is 0 Å². The van der Waals surface area contributed by atoms with E-state index in [9.17, 15) is 50.0 Å². The van der Waals surface area contributed by atoms with Crippen LogP contribution in [0.3, 0.4) is 0 Å². The number of aliphatic hydroxyl groups excluding tert-OH is 5. The Morgan fingerprint density at radius 3 is 2.03 bits per heavy atom. The number of phosphoric ester groups is 2. The maximum atomic E-state index is 12.8. The topological polar surface area (TPSA) is 279 Å². The van der Waals surface area contributed by atoms with Crippen molar-refractivity contribution in [2.24, 2.45) is 0 Å². The molecule has 6 fully saturated rings. The molecule has 1 spiro atoms. The number of rotatable bonds is 4. The molecule has 4 bridgehead atoms. The molecule has 0 aliphatic carbocycles. The summed E-state index contributed by atoms with van der Waals surface area (Å²) >= 11 is 0. The minimum Gasteiger partial charge on any atom is -0.394 e. The second-order valence-corrected chi connectivity index (χ2v) is 10.8. The van der Waals surface area contributed by atoms with Gasteiger partial charge in [0, 0.05) is 0 Å². The molecule has 8 N–H and O–H groups in total. The highest BCUT2D eigenvalue weighted by atomic mass is 31.2. The monoisotopic (exact) mass is 526 g/mol. The fraction of sp³-hybridized carbons (Fsp3) is 1.00. The van der Waals surface area contributed by atoms with E-state index in [1.165, 1.54) is 0 Å². The SMILES string of the molecule is O=P12OC(O)[C@]3(O[C@]4(OC5(CO)O[C@H](CO)[C@@H](O)[C@@H]5O)OP5(=O)O[C@](O)([C@@]3(O)O1)[C@]4(O)O5)O2. The van der Waals surface area contributed by atoms with Crippen molar-refractivity contribution in [3.63, 3.8) is 0 Å². The van der Waals surface area contributed by atoms with E-state index in [0.29, 0.717) is 0 Å². The molecular weight excluding hydrogens is 510 g/mol.